The Morgan fingerprint density at radius 3 is 2.61 bits per heavy atom. The fraction of sp³-hybridized carbons (Fsp3) is 0.333. The lowest BCUT2D eigenvalue weighted by Crippen LogP contribution is -2.49. The summed E-state index contributed by atoms with van der Waals surface area (Å²) in [5.74, 6) is 0.643. The number of anilines is 1. The van der Waals surface area contributed by atoms with Crippen molar-refractivity contribution < 1.29 is 9.53 Å². The van der Waals surface area contributed by atoms with E-state index in [0.717, 1.165) is 33.4 Å². The Morgan fingerprint density at radius 2 is 1.87 bits per heavy atom. The molecule has 3 heterocycles. The summed E-state index contributed by atoms with van der Waals surface area (Å²) in [4.78, 5) is 30.6. The quantitative estimate of drug-likeness (QED) is 0.569. The summed E-state index contributed by atoms with van der Waals surface area (Å²) >= 11 is 3.52. The van der Waals surface area contributed by atoms with Crippen molar-refractivity contribution in [1.82, 2.24) is 9.47 Å². The molecule has 0 saturated carbocycles. The molecule has 1 saturated heterocycles. The van der Waals surface area contributed by atoms with Crippen LogP contribution in [-0.2, 0) is 6.42 Å². The van der Waals surface area contributed by atoms with E-state index in [-0.39, 0.29) is 22.9 Å². The number of ether oxygens (including phenoxy) is 1. The topological polar surface area (TPSA) is 54.8 Å². The van der Waals surface area contributed by atoms with E-state index >= 15 is 0 Å². The van der Waals surface area contributed by atoms with E-state index in [1.165, 1.54) is 0 Å². The monoisotopic (exact) mass is 481 g/mol. The number of para-hydroxylation sites is 2. The van der Waals surface area contributed by atoms with Crippen molar-refractivity contribution in [3.63, 3.8) is 0 Å². The van der Waals surface area contributed by atoms with Crippen molar-refractivity contribution in [2.75, 3.05) is 38.2 Å². The van der Waals surface area contributed by atoms with Gasteiger partial charge < -0.3 is 19.1 Å². The Morgan fingerprint density at radius 1 is 1.13 bits per heavy atom. The van der Waals surface area contributed by atoms with E-state index in [0.29, 0.717) is 31.6 Å². The maximum atomic E-state index is 13.4. The first-order valence-electron chi connectivity index (χ1n) is 10.5. The number of methoxy groups -OCH3 is 1. The van der Waals surface area contributed by atoms with Crippen molar-refractivity contribution in [3.05, 3.63) is 68.4 Å². The van der Waals surface area contributed by atoms with Gasteiger partial charge in [0.1, 0.15) is 11.3 Å². The molecular weight excluding hydrogens is 458 g/mol. The molecule has 31 heavy (non-hydrogen) atoms. The highest BCUT2D eigenvalue weighted by atomic mass is 79.9. The highest BCUT2D eigenvalue weighted by Gasteiger charge is 2.29. The number of hydrogen-bond donors (Lipinski definition) is 0. The van der Waals surface area contributed by atoms with Gasteiger partial charge in [0.15, 0.2) is 0 Å². The molecule has 2 aliphatic rings. The van der Waals surface area contributed by atoms with E-state index in [2.05, 4.69) is 38.4 Å². The Balaban J connectivity index is 1.43. The molecule has 3 aromatic rings. The van der Waals surface area contributed by atoms with Crippen molar-refractivity contribution in [1.29, 1.82) is 0 Å². The molecule has 0 spiro atoms. The second-order valence-corrected chi connectivity index (χ2v) is 9.16. The molecule has 2 aliphatic heterocycles. The standard InChI is InChI=1S/C24H24BrN3O3/c1-15-11-16-12-17(25)13-18-22(16)28(15)14-19(23(18)29)24(30)27-9-7-26(8-10-27)20-5-3-4-6-21(20)31-2/h3-6,12-15H,7-11H2,1-2H3/t15-/m0/s1. The SMILES string of the molecule is COc1ccccc1N1CCN(C(=O)c2cn3c4c(cc(Br)cc4c2=O)C[C@@H]3C)CC1. The van der Waals surface area contributed by atoms with Crippen molar-refractivity contribution >= 4 is 38.4 Å². The number of nitrogens with zero attached hydrogens (tertiary/aromatic N) is 3. The van der Waals surface area contributed by atoms with Crippen molar-refractivity contribution in [2.24, 2.45) is 0 Å². The zero-order valence-corrected chi connectivity index (χ0v) is 19.2. The fourth-order valence-corrected chi connectivity index (χ4v) is 5.33. The molecule has 1 atom stereocenters. The number of piperazine rings is 1. The molecule has 5 rings (SSSR count). The molecule has 6 nitrogen and oxygen atoms in total. The molecule has 2 aromatic carbocycles. The number of rotatable bonds is 3. The van der Waals surface area contributed by atoms with Crippen LogP contribution in [0.5, 0.6) is 5.75 Å². The molecule has 0 bridgehead atoms. The van der Waals surface area contributed by atoms with Gasteiger partial charge in [-0.3, -0.25) is 9.59 Å². The zero-order chi connectivity index (χ0) is 21.7. The number of carbonyl (C=O) groups is 1. The van der Waals surface area contributed by atoms with Gasteiger partial charge >= 0.3 is 0 Å². The maximum absolute atomic E-state index is 13.4. The minimum absolute atomic E-state index is 0.181. The number of carbonyl (C=O) groups excluding carboxylic acids is 1. The smallest absolute Gasteiger partial charge is 0.259 e. The summed E-state index contributed by atoms with van der Waals surface area (Å²) in [5.41, 5.74) is 3.22. The van der Waals surface area contributed by atoms with E-state index in [1.54, 1.807) is 18.2 Å². The first kappa shape index (κ1) is 20.1. The van der Waals surface area contributed by atoms with Gasteiger partial charge in [-0.1, -0.05) is 28.1 Å². The van der Waals surface area contributed by atoms with Crippen LogP contribution in [0, 0.1) is 0 Å². The first-order chi connectivity index (χ1) is 15.0. The third-order valence-corrected chi connectivity index (χ3v) is 6.84. The minimum atomic E-state index is -0.184. The summed E-state index contributed by atoms with van der Waals surface area (Å²) in [5, 5.41) is 0.618. The van der Waals surface area contributed by atoms with Crippen LogP contribution in [0.25, 0.3) is 10.9 Å². The highest BCUT2D eigenvalue weighted by Crippen LogP contribution is 2.34. The fourth-order valence-electron chi connectivity index (χ4n) is 4.83. The van der Waals surface area contributed by atoms with Crippen LogP contribution in [0.2, 0.25) is 0 Å². The van der Waals surface area contributed by atoms with Gasteiger partial charge in [0, 0.05) is 48.3 Å². The second-order valence-electron chi connectivity index (χ2n) is 8.24. The third kappa shape index (κ3) is 3.31. The van der Waals surface area contributed by atoms with Gasteiger partial charge in [-0.15, -0.1) is 0 Å². The lowest BCUT2D eigenvalue weighted by molar-refractivity contribution is 0.0744. The van der Waals surface area contributed by atoms with E-state index in [9.17, 15) is 9.59 Å². The molecule has 0 N–H and O–H groups in total. The summed E-state index contributed by atoms with van der Waals surface area (Å²) in [7, 11) is 1.67. The minimum Gasteiger partial charge on any atom is -0.495 e. The van der Waals surface area contributed by atoms with Gasteiger partial charge in [0.25, 0.3) is 5.91 Å². The van der Waals surface area contributed by atoms with Crippen LogP contribution in [0.4, 0.5) is 5.69 Å². The first-order valence-corrected chi connectivity index (χ1v) is 11.3. The number of aromatic nitrogens is 1. The second kappa shape index (κ2) is 7.71. The molecule has 1 aromatic heterocycles. The van der Waals surface area contributed by atoms with Gasteiger partial charge in [-0.25, -0.2) is 0 Å². The average Bonchev–Trinajstić information content (AvgIpc) is 3.10. The molecule has 160 valence electrons. The van der Waals surface area contributed by atoms with Gasteiger partial charge in [-0.2, -0.15) is 0 Å². The normalized spacial score (nSPS) is 18.0. The van der Waals surface area contributed by atoms with E-state index in [1.807, 2.05) is 30.3 Å². The molecule has 0 unspecified atom stereocenters. The van der Waals surface area contributed by atoms with Crippen LogP contribution in [0.15, 0.2) is 51.9 Å². The summed E-state index contributed by atoms with van der Waals surface area (Å²) in [6.07, 6.45) is 2.64. The lowest BCUT2D eigenvalue weighted by atomic mass is 10.1. The Kier molecular flexibility index (Phi) is 5.01. The Bertz CT molecular complexity index is 1240. The molecule has 7 heteroatoms. The number of hydrogen-bond acceptors (Lipinski definition) is 4. The van der Waals surface area contributed by atoms with Crippen LogP contribution in [-0.4, -0.2) is 48.7 Å². The molecule has 0 aliphatic carbocycles. The zero-order valence-electron chi connectivity index (χ0n) is 17.6. The van der Waals surface area contributed by atoms with E-state index < -0.39 is 0 Å². The molecule has 1 fully saturated rings. The van der Waals surface area contributed by atoms with Gasteiger partial charge in [0.2, 0.25) is 5.43 Å². The number of pyridine rings is 1. The predicted octanol–water partition coefficient (Wildman–Crippen LogP) is 3.85. The number of benzene rings is 2. The van der Waals surface area contributed by atoms with Gasteiger partial charge in [0.05, 0.1) is 18.3 Å². The average molecular weight is 482 g/mol. The molecular formula is C24H24BrN3O3. The Hall–Kier alpha value is -2.80. The molecule has 1 amide bonds. The maximum Gasteiger partial charge on any atom is 0.259 e. The van der Waals surface area contributed by atoms with Crippen LogP contribution in [0.1, 0.15) is 28.9 Å². The van der Waals surface area contributed by atoms with Crippen LogP contribution in [0.3, 0.4) is 0 Å². The third-order valence-electron chi connectivity index (χ3n) is 6.38. The lowest BCUT2D eigenvalue weighted by Gasteiger charge is -2.36. The van der Waals surface area contributed by atoms with Crippen LogP contribution >= 0.6 is 15.9 Å². The summed E-state index contributed by atoms with van der Waals surface area (Å²) in [6, 6.07) is 12.0. The molecule has 0 radical (unpaired) electrons. The predicted molar refractivity (Wildman–Crippen MR) is 125 cm³/mol. The summed E-state index contributed by atoms with van der Waals surface area (Å²) < 4.78 is 8.45. The number of halogens is 1. The largest absolute Gasteiger partial charge is 0.495 e. The van der Waals surface area contributed by atoms with Gasteiger partial charge in [-0.05, 0) is 43.2 Å². The Labute approximate surface area is 189 Å². The highest BCUT2D eigenvalue weighted by molar-refractivity contribution is 9.10. The van der Waals surface area contributed by atoms with Crippen LogP contribution < -0.4 is 15.1 Å². The number of amides is 1. The van der Waals surface area contributed by atoms with Crippen molar-refractivity contribution in [2.45, 2.75) is 19.4 Å². The van der Waals surface area contributed by atoms with E-state index in [4.69, 9.17) is 4.74 Å². The summed E-state index contributed by atoms with van der Waals surface area (Å²) in [6.45, 7) is 4.64. The van der Waals surface area contributed by atoms with Crippen molar-refractivity contribution in [3.8, 4) is 5.75 Å².